The van der Waals surface area contributed by atoms with Crippen molar-refractivity contribution < 1.29 is 18.4 Å². The minimum Gasteiger partial charge on any atom is -0.396 e. The van der Waals surface area contributed by atoms with Crippen molar-refractivity contribution in [2.45, 2.75) is 25.2 Å². The molecule has 0 aliphatic rings. The first-order valence-electron chi connectivity index (χ1n) is 6.31. The number of hydrogen-bond donors (Lipinski definition) is 1. The van der Waals surface area contributed by atoms with Crippen LogP contribution in [0.5, 0.6) is 0 Å². The van der Waals surface area contributed by atoms with Gasteiger partial charge in [0.15, 0.2) is 0 Å². The van der Waals surface area contributed by atoms with E-state index in [0.29, 0.717) is 12.0 Å². The lowest BCUT2D eigenvalue weighted by Crippen LogP contribution is -2.32. The highest BCUT2D eigenvalue weighted by atomic mass is 35.5. The highest BCUT2D eigenvalue weighted by Gasteiger charge is 2.28. The molecule has 9 heteroatoms. The van der Waals surface area contributed by atoms with Gasteiger partial charge in [0.05, 0.1) is 9.82 Å². The molecule has 0 unspecified atom stereocenters. The second-order valence-electron chi connectivity index (χ2n) is 4.40. The molecule has 0 radical (unpaired) electrons. The van der Waals surface area contributed by atoms with E-state index in [4.69, 9.17) is 16.7 Å². The van der Waals surface area contributed by atoms with Gasteiger partial charge in [-0.1, -0.05) is 18.5 Å². The van der Waals surface area contributed by atoms with Crippen molar-refractivity contribution in [2.75, 3.05) is 19.7 Å². The number of aliphatic hydroxyl groups excluding tert-OH is 1. The number of benzene rings is 1. The van der Waals surface area contributed by atoms with Crippen molar-refractivity contribution in [3.63, 3.8) is 0 Å². The Kier molecular flexibility index (Phi) is 6.09. The van der Waals surface area contributed by atoms with Crippen LogP contribution in [-0.2, 0) is 10.0 Å². The first-order valence-corrected chi connectivity index (χ1v) is 8.13. The number of aryl methyl sites for hydroxylation is 1. The summed E-state index contributed by atoms with van der Waals surface area (Å²) in [5, 5.41) is 19.6. The predicted octanol–water partition coefficient (Wildman–Crippen LogP) is 1.95. The zero-order valence-corrected chi connectivity index (χ0v) is 13.3. The molecular weight excluding hydrogens is 320 g/mol. The first-order chi connectivity index (χ1) is 9.75. The SMILES string of the molecule is CCN(CCCO)S(=O)(=O)c1cc([N+](=O)[O-])c(Cl)cc1C. The normalized spacial score (nSPS) is 11.9. The van der Waals surface area contributed by atoms with E-state index in [-0.39, 0.29) is 29.6 Å². The maximum Gasteiger partial charge on any atom is 0.289 e. The summed E-state index contributed by atoms with van der Waals surface area (Å²) in [6.07, 6.45) is 0.293. The van der Waals surface area contributed by atoms with E-state index in [2.05, 4.69) is 0 Å². The van der Waals surface area contributed by atoms with Gasteiger partial charge in [0.25, 0.3) is 5.69 Å². The van der Waals surface area contributed by atoms with Crippen LogP contribution in [0.1, 0.15) is 18.9 Å². The molecule has 118 valence electrons. The van der Waals surface area contributed by atoms with Gasteiger partial charge < -0.3 is 5.11 Å². The molecule has 0 heterocycles. The van der Waals surface area contributed by atoms with Gasteiger partial charge >= 0.3 is 0 Å². The summed E-state index contributed by atoms with van der Waals surface area (Å²) in [5.41, 5.74) is -0.105. The standard InChI is InChI=1S/C12H17ClN2O5S/c1-3-14(5-4-6-16)21(19,20)12-8-11(15(17)18)10(13)7-9(12)2/h7-8,16H,3-6H2,1-2H3. The molecule has 1 N–H and O–H groups in total. The van der Waals surface area contributed by atoms with Gasteiger partial charge in [-0.3, -0.25) is 10.1 Å². The fourth-order valence-electron chi connectivity index (χ4n) is 1.89. The van der Waals surface area contributed by atoms with E-state index in [1.807, 2.05) is 0 Å². The Hall–Kier alpha value is -1.22. The van der Waals surface area contributed by atoms with Crippen molar-refractivity contribution in [1.82, 2.24) is 4.31 Å². The van der Waals surface area contributed by atoms with Crippen LogP contribution in [0.3, 0.4) is 0 Å². The van der Waals surface area contributed by atoms with Gasteiger partial charge in [-0.15, -0.1) is 0 Å². The highest BCUT2D eigenvalue weighted by molar-refractivity contribution is 7.89. The summed E-state index contributed by atoms with van der Waals surface area (Å²) in [7, 11) is -3.87. The van der Waals surface area contributed by atoms with E-state index in [0.717, 1.165) is 6.07 Å². The second kappa shape index (κ2) is 7.17. The fourth-order valence-corrected chi connectivity index (χ4v) is 3.90. The van der Waals surface area contributed by atoms with Gasteiger partial charge in [0.2, 0.25) is 10.0 Å². The summed E-state index contributed by atoms with van der Waals surface area (Å²) < 4.78 is 26.3. The monoisotopic (exact) mass is 336 g/mol. The number of halogens is 1. The first kappa shape index (κ1) is 17.8. The number of nitro benzene ring substituents is 1. The molecule has 7 nitrogen and oxygen atoms in total. The molecule has 0 amide bonds. The molecular formula is C12H17ClN2O5S. The fraction of sp³-hybridized carbons (Fsp3) is 0.500. The van der Waals surface area contributed by atoms with Crippen molar-refractivity contribution in [3.8, 4) is 0 Å². The van der Waals surface area contributed by atoms with Gasteiger partial charge in [-0.2, -0.15) is 4.31 Å². The Morgan fingerprint density at radius 1 is 1.43 bits per heavy atom. The largest absolute Gasteiger partial charge is 0.396 e. The number of rotatable bonds is 7. The van der Waals surface area contributed by atoms with E-state index >= 15 is 0 Å². The van der Waals surface area contributed by atoms with Gasteiger partial charge in [0, 0.05) is 25.8 Å². The molecule has 0 aliphatic carbocycles. The number of nitro groups is 1. The average Bonchev–Trinajstić information content (AvgIpc) is 2.38. The van der Waals surface area contributed by atoms with E-state index in [1.165, 1.54) is 17.3 Å². The zero-order chi connectivity index (χ0) is 16.2. The van der Waals surface area contributed by atoms with Crippen LogP contribution in [0, 0.1) is 17.0 Å². The van der Waals surface area contributed by atoms with Crippen LogP contribution in [0.2, 0.25) is 5.02 Å². The number of nitrogens with zero attached hydrogens (tertiary/aromatic N) is 2. The molecule has 0 atom stereocenters. The molecule has 1 aromatic carbocycles. The number of aliphatic hydroxyl groups is 1. The van der Waals surface area contributed by atoms with Crippen LogP contribution in [0.15, 0.2) is 17.0 Å². The quantitative estimate of drug-likeness (QED) is 0.605. The molecule has 0 saturated carbocycles. The van der Waals surface area contributed by atoms with Crippen LogP contribution in [0.4, 0.5) is 5.69 Å². The summed E-state index contributed by atoms with van der Waals surface area (Å²) in [5.74, 6) is 0. The molecule has 1 aromatic rings. The molecule has 0 saturated heterocycles. The molecule has 0 fully saturated rings. The Morgan fingerprint density at radius 3 is 2.52 bits per heavy atom. The van der Waals surface area contributed by atoms with Gasteiger partial charge in [-0.25, -0.2) is 8.42 Å². The average molecular weight is 337 g/mol. The van der Waals surface area contributed by atoms with E-state index in [1.54, 1.807) is 6.92 Å². The second-order valence-corrected chi connectivity index (χ2v) is 6.71. The van der Waals surface area contributed by atoms with Crippen molar-refractivity contribution in [3.05, 3.63) is 32.8 Å². The van der Waals surface area contributed by atoms with E-state index in [9.17, 15) is 18.5 Å². The summed E-state index contributed by atoms with van der Waals surface area (Å²) in [6.45, 7) is 3.41. The van der Waals surface area contributed by atoms with Crippen molar-refractivity contribution in [1.29, 1.82) is 0 Å². The Balaban J connectivity index is 3.36. The van der Waals surface area contributed by atoms with Gasteiger partial charge in [-0.05, 0) is 25.0 Å². The Labute approximate surface area is 128 Å². The molecule has 0 spiro atoms. The molecule has 21 heavy (non-hydrogen) atoms. The number of hydrogen-bond acceptors (Lipinski definition) is 5. The minimum atomic E-state index is -3.87. The molecule has 0 aliphatic heterocycles. The third-order valence-electron chi connectivity index (χ3n) is 2.98. The molecule has 0 bridgehead atoms. The van der Waals surface area contributed by atoms with Gasteiger partial charge in [0.1, 0.15) is 5.02 Å². The Morgan fingerprint density at radius 2 is 2.05 bits per heavy atom. The lowest BCUT2D eigenvalue weighted by atomic mass is 10.2. The minimum absolute atomic E-state index is 0.102. The maximum atomic E-state index is 12.6. The summed E-state index contributed by atoms with van der Waals surface area (Å²) >= 11 is 5.76. The van der Waals surface area contributed by atoms with Crippen LogP contribution < -0.4 is 0 Å². The Bertz CT molecular complexity index is 633. The maximum absolute atomic E-state index is 12.6. The highest BCUT2D eigenvalue weighted by Crippen LogP contribution is 2.31. The molecule has 0 aromatic heterocycles. The summed E-state index contributed by atoms with van der Waals surface area (Å²) in [4.78, 5) is 10.0. The van der Waals surface area contributed by atoms with Crippen LogP contribution in [-0.4, -0.2) is 42.4 Å². The van der Waals surface area contributed by atoms with Crippen LogP contribution in [0.25, 0.3) is 0 Å². The predicted molar refractivity (Wildman–Crippen MR) is 79.0 cm³/mol. The third-order valence-corrected chi connectivity index (χ3v) is 5.40. The number of sulfonamides is 1. The van der Waals surface area contributed by atoms with Crippen molar-refractivity contribution in [2.24, 2.45) is 0 Å². The lowest BCUT2D eigenvalue weighted by Gasteiger charge is -2.21. The van der Waals surface area contributed by atoms with E-state index < -0.39 is 20.6 Å². The van der Waals surface area contributed by atoms with Crippen molar-refractivity contribution >= 4 is 27.3 Å². The molecule has 1 rings (SSSR count). The third kappa shape index (κ3) is 3.91. The summed E-state index contributed by atoms with van der Waals surface area (Å²) in [6, 6.07) is 2.25. The smallest absolute Gasteiger partial charge is 0.289 e. The zero-order valence-electron chi connectivity index (χ0n) is 11.7. The topological polar surface area (TPSA) is 101 Å². The lowest BCUT2D eigenvalue weighted by molar-refractivity contribution is -0.384. The van der Waals surface area contributed by atoms with Crippen LogP contribution >= 0.6 is 11.6 Å².